The maximum atomic E-state index is 12.9. The van der Waals surface area contributed by atoms with Crippen molar-refractivity contribution in [3.63, 3.8) is 0 Å². The van der Waals surface area contributed by atoms with Crippen LogP contribution in [0.2, 0.25) is 0 Å². The Bertz CT molecular complexity index is 1430. The van der Waals surface area contributed by atoms with E-state index in [-0.39, 0.29) is 37.5 Å². The van der Waals surface area contributed by atoms with Crippen molar-refractivity contribution in [1.29, 1.82) is 0 Å². The molecule has 6 heteroatoms. The van der Waals surface area contributed by atoms with Crippen LogP contribution in [-0.4, -0.2) is 37.2 Å². The van der Waals surface area contributed by atoms with E-state index in [9.17, 15) is 14.4 Å². The van der Waals surface area contributed by atoms with Gasteiger partial charge < -0.3 is 14.2 Å². The van der Waals surface area contributed by atoms with Crippen molar-refractivity contribution >= 4 is 17.9 Å². The number of carbonyl (C=O) groups excluding carboxylic acids is 3. The van der Waals surface area contributed by atoms with E-state index in [1.165, 1.54) is 141 Å². The van der Waals surface area contributed by atoms with Gasteiger partial charge in [0.1, 0.15) is 13.2 Å². The van der Waals surface area contributed by atoms with Crippen LogP contribution in [0.25, 0.3) is 0 Å². The molecule has 0 spiro atoms. The standard InChI is InChI=1S/C66H112O6/c1-4-7-10-13-16-19-22-25-28-31-33-36-38-41-44-47-50-53-56-59-65(68)71-62-63(61-70-64(67)58-55-52-49-46-43-40-37-34-30-27-24-21-18-15-12-9-6-3)72-66(69)60-57-54-51-48-45-42-39-35-32-29-26-23-20-17-14-11-8-5-2/h9,12,16,18-19,21,25,27-28,30,33,36-37,40,46,49,63H,4-8,10-11,13-15,17,20,22-24,26,29,31-32,34-35,38-39,41-45,47-48,50-62H2,1-3H3/b12-9-,19-16-,21-18-,28-25-,30-27-,36-33-,40-37-,49-46-/t63-/m1/s1. The molecule has 0 aliphatic carbocycles. The van der Waals surface area contributed by atoms with Crippen LogP contribution in [0.4, 0.5) is 0 Å². The van der Waals surface area contributed by atoms with E-state index in [4.69, 9.17) is 14.2 Å². The second kappa shape index (κ2) is 59.9. The van der Waals surface area contributed by atoms with Crippen LogP contribution < -0.4 is 0 Å². The van der Waals surface area contributed by atoms with E-state index in [2.05, 4.69) is 118 Å². The number of rotatable bonds is 54. The summed E-state index contributed by atoms with van der Waals surface area (Å²) in [5, 5.41) is 0. The predicted molar refractivity (Wildman–Crippen MR) is 311 cm³/mol. The monoisotopic (exact) mass is 1000 g/mol. The quantitative estimate of drug-likeness (QED) is 0.0261. The Hall–Kier alpha value is -3.67. The van der Waals surface area contributed by atoms with E-state index >= 15 is 0 Å². The zero-order valence-electron chi connectivity index (χ0n) is 47.2. The van der Waals surface area contributed by atoms with Gasteiger partial charge in [0, 0.05) is 19.3 Å². The number of unbranched alkanes of at least 4 members (excludes halogenated alkanes) is 27. The third-order valence-corrected chi connectivity index (χ3v) is 12.8. The summed E-state index contributed by atoms with van der Waals surface area (Å²) in [6.45, 7) is 6.46. The number of allylic oxidation sites excluding steroid dienone is 16. The van der Waals surface area contributed by atoms with Crippen molar-refractivity contribution in [3.8, 4) is 0 Å². The SMILES string of the molecule is CC/C=C\C/C=C\C/C=C\C/C=C\C/C=C\CCCC(=O)OC[C@H](COC(=O)CCCCCCCC/C=C\C/C=C\C/C=C\CCCCC)OC(=O)CCCCCCCCCCCCCCCCCCCC. The fourth-order valence-corrected chi connectivity index (χ4v) is 8.31. The normalized spacial score (nSPS) is 12.8. The maximum absolute atomic E-state index is 12.9. The van der Waals surface area contributed by atoms with Crippen molar-refractivity contribution in [1.82, 2.24) is 0 Å². The van der Waals surface area contributed by atoms with Crippen LogP contribution >= 0.6 is 0 Å². The Morgan fingerprint density at radius 2 is 0.556 bits per heavy atom. The summed E-state index contributed by atoms with van der Waals surface area (Å²) in [5.41, 5.74) is 0. The van der Waals surface area contributed by atoms with Crippen molar-refractivity contribution in [2.24, 2.45) is 0 Å². The highest BCUT2D eigenvalue weighted by molar-refractivity contribution is 5.71. The molecule has 0 N–H and O–H groups in total. The van der Waals surface area contributed by atoms with Crippen molar-refractivity contribution in [2.75, 3.05) is 13.2 Å². The minimum Gasteiger partial charge on any atom is -0.462 e. The van der Waals surface area contributed by atoms with E-state index in [1.54, 1.807) is 0 Å². The van der Waals surface area contributed by atoms with Gasteiger partial charge in [-0.05, 0) is 96.3 Å². The molecule has 412 valence electrons. The summed E-state index contributed by atoms with van der Waals surface area (Å²) < 4.78 is 16.8. The molecule has 1 atom stereocenters. The number of hydrogen-bond donors (Lipinski definition) is 0. The summed E-state index contributed by atoms with van der Waals surface area (Å²) in [6.07, 6.45) is 79.8. The smallest absolute Gasteiger partial charge is 0.306 e. The summed E-state index contributed by atoms with van der Waals surface area (Å²) >= 11 is 0. The van der Waals surface area contributed by atoms with E-state index in [0.29, 0.717) is 19.3 Å². The molecule has 0 fully saturated rings. The zero-order valence-corrected chi connectivity index (χ0v) is 47.2. The summed E-state index contributed by atoms with van der Waals surface area (Å²) in [5.74, 6) is -0.964. The molecule has 0 saturated carbocycles. The predicted octanol–water partition coefficient (Wildman–Crippen LogP) is 20.5. The number of hydrogen-bond acceptors (Lipinski definition) is 6. The molecule has 0 saturated heterocycles. The lowest BCUT2D eigenvalue weighted by Gasteiger charge is -2.18. The molecule has 0 aromatic heterocycles. The van der Waals surface area contributed by atoms with Crippen molar-refractivity contribution < 1.29 is 28.6 Å². The van der Waals surface area contributed by atoms with Gasteiger partial charge >= 0.3 is 17.9 Å². The Morgan fingerprint density at radius 1 is 0.292 bits per heavy atom. The zero-order chi connectivity index (χ0) is 52.2. The number of carbonyl (C=O) groups is 3. The molecule has 0 amide bonds. The van der Waals surface area contributed by atoms with Crippen LogP contribution in [0.3, 0.4) is 0 Å². The summed E-state index contributed by atoms with van der Waals surface area (Å²) in [7, 11) is 0. The van der Waals surface area contributed by atoms with Crippen LogP contribution in [-0.2, 0) is 28.6 Å². The third-order valence-electron chi connectivity index (χ3n) is 12.8. The molecule has 0 aromatic carbocycles. The third kappa shape index (κ3) is 57.2. The van der Waals surface area contributed by atoms with Gasteiger partial charge in [-0.3, -0.25) is 14.4 Å². The lowest BCUT2D eigenvalue weighted by atomic mass is 10.0. The highest BCUT2D eigenvalue weighted by Crippen LogP contribution is 2.16. The van der Waals surface area contributed by atoms with Gasteiger partial charge in [0.05, 0.1) is 0 Å². The molecule has 0 rings (SSSR count). The fourth-order valence-electron chi connectivity index (χ4n) is 8.31. The molecule has 0 unspecified atom stereocenters. The van der Waals surface area contributed by atoms with Crippen LogP contribution in [0.5, 0.6) is 0 Å². The Kier molecular flexibility index (Phi) is 56.8. The molecule has 0 aliphatic rings. The topological polar surface area (TPSA) is 78.9 Å². The van der Waals surface area contributed by atoms with Gasteiger partial charge in [-0.2, -0.15) is 0 Å². The minimum atomic E-state index is -0.806. The molecular formula is C66H112O6. The van der Waals surface area contributed by atoms with Gasteiger partial charge in [0.25, 0.3) is 0 Å². The maximum Gasteiger partial charge on any atom is 0.306 e. The Morgan fingerprint density at radius 3 is 0.931 bits per heavy atom. The van der Waals surface area contributed by atoms with Crippen LogP contribution in [0.15, 0.2) is 97.2 Å². The highest BCUT2D eigenvalue weighted by atomic mass is 16.6. The summed E-state index contributed by atoms with van der Waals surface area (Å²) in [6, 6.07) is 0. The van der Waals surface area contributed by atoms with E-state index in [1.807, 2.05) is 0 Å². The Balaban J connectivity index is 4.47. The molecular weight excluding hydrogens is 889 g/mol. The average molecular weight is 1000 g/mol. The largest absolute Gasteiger partial charge is 0.462 e. The van der Waals surface area contributed by atoms with Crippen LogP contribution in [0, 0.1) is 0 Å². The second-order valence-electron chi connectivity index (χ2n) is 19.9. The fraction of sp³-hybridized carbons (Fsp3) is 0.712. The average Bonchev–Trinajstić information content (AvgIpc) is 3.38. The molecule has 6 nitrogen and oxygen atoms in total. The van der Waals surface area contributed by atoms with Gasteiger partial charge in [0.2, 0.25) is 0 Å². The van der Waals surface area contributed by atoms with E-state index < -0.39 is 6.10 Å². The molecule has 0 radical (unpaired) electrons. The number of esters is 3. The molecule has 0 aliphatic heterocycles. The highest BCUT2D eigenvalue weighted by Gasteiger charge is 2.19. The first-order valence-corrected chi connectivity index (χ1v) is 30.2. The Labute approximate surface area is 445 Å². The molecule has 0 bridgehead atoms. The molecule has 72 heavy (non-hydrogen) atoms. The molecule has 0 heterocycles. The van der Waals surface area contributed by atoms with E-state index in [0.717, 1.165) is 96.3 Å². The number of ether oxygens (including phenoxy) is 3. The van der Waals surface area contributed by atoms with Crippen LogP contribution in [0.1, 0.15) is 284 Å². The first-order chi connectivity index (χ1) is 35.5. The second-order valence-corrected chi connectivity index (χ2v) is 19.9. The first kappa shape index (κ1) is 68.3. The summed E-state index contributed by atoms with van der Waals surface area (Å²) in [4.78, 5) is 38.2. The van der Waals surface area contributed by atoms with Gasteiger partial charge in [-0.1, -0.05) is 266 Å². The van der Waals surface area contributed by atoms with Gasteiger partial charge in [-0.15, -0.1) is 0 Å². The lowest BCUT2D eigenvalue weighted by Crippen LogP contribution is -2.30. The van der Waals surface area contributed by atoms with Crippen molar-refractivity contribution in [2.45, 2.75) is 290 Å². The lowest BCUT2D eigenvalue weighted by molar-refractivity contribution is -0.167. The van der Waals surface area contributed by atoms with Crippen molar-refractivity contribution in [3.05, 3.63) is 97.2 Å². The van der Waals surface area contributed by atoms with Gasteiger partial charge in [0.15, 0.2) is 6.10 Å². The first-order valence-electron chi connectivity index (χ1n) is 30.2. The van der Waals surface area contributed by atoms with Gasteiger partial charge in [-0.25, -0.2) is 0 Å². The molecule has 0 aromatic rings. The minimum absolute atomic E-state index is 0.101.